The number of ether oxygens (including phenoxy) is 1. The number of hydrogen-bond acceptors (Lipinski definition) is 6. The predicted molar refractivity (Wildman–Crippen MR) is 83.8 cm³/mol. The lowest BCUT2D eigenvalue weighted by Gasteiger charge is -2.19. The molecule has 0 heterocycles. The number of rotatable bonds is 3. The summed E-state index contributed by atoms with van der Waals surface area (Å²) in [6.45, 7) is 5.25. The highest BCUT2D eigenvalue weighted by atomic mass is 16.6. The zero-order chi connectivity index (χ0) is 17.5. The molecule has 0 aliphatic carbocycles. The molecule has 1 rings (SSSR count). The fourth-order valence-corrected chi connectivity index (χ4v) is 1.52. The van der Waals surface area contributed by atoms with E-state index in [0.29, 0.717) is 11.4 Å². The molecular formula is C16H15N5O2. The SMILES string of the molecule is CC(C)(C)OC(=O)Nc1cccc(NC(C#N)=C(C#N)C#N)c1. The van der Waals surface area contributed by atoms with Crippen molar-refractivity contribution in [2.45, 2.75) is 26.4 Å². The quantitative estimate of drug-likeness (QED) is 0.826. The summed E-state index contributed by atoms with van der Waals surface area (Å²) in [5.74, 6) is 0. The summed E-state index contributed by atoms with van der Waals surface area (Å²) in [4.78, 5) is 11.7. The zero-order valence-corrected chi connectivity index (χ0v) is 13.0. The molecule has 0 fully saturated rings. The minimum Gasteiger partial charge on any atom is -0.444 e. The van der Waals surface area contributed by atoms with Crippen molar-refractivity contribution in [2.75, 3.05) is 10.6 Å². The smallest absolute Gasteiger partial charge is 0.412 e. The molecule has 1 aromatic carbocycles. The number of anilines is 2. The van der Waals surface area contributed by atoms with E-state index in [1.807, 2.05) is 0 Å². The van der Waals surface area contributed by atoms with Crippen LogP contribution in [0.25, 0.3) is 0 Å². The lowest BCUT2D eigenvalue weighted by molar-refractivity contribution is 0.0636. The Kier molecular flexibility index (Phi) is 5.72. The van der Waals surface area contributed by atoms with Gasteiger partial charge in [0.05, 0.1) is 0 Å². The van der Waals surface area contributed by atoms with Crippen LogP contribution >= 0.6 is 0 Å². The monoisotopic (exact) mass is 309 g/mol. The van der Waals surface area contributed by atoms with E-state index < -0.39 is 11.7 Å². The lowest BCUT2D eigenvalue weighted by atomic mass is 10.2. The van der Waals surface area contributed by atoms with E-state index in [0.717, 1.165) is 0 Å². The van der Waals surface area contributed by atoms with Crippen molar-refractivity contribution in [3.05, 3.63) is 35.5 Å². The molecule has 0 aliphatic rings. The van der Waals surface area contributed by atoms with Gasteiger partial charge < -0.3 is 10.1 Å². The average Bonchev–Trinajstić information content (AvgIpc) is 2.45. The molecule has 2 N–H and O–H groups in total. The van der Waals surface area contributed by atoms with Crippen LogP contribution in [0.3, 0.4) is 0 Å². The number of nitriles is 3. The molecule has 0 spiro atoms. The topological polar surface area (TPSA) is 122 Å². The van der Waals surface area contributed by atoms with Crippen molar-refractivity contribution in [2.24, 2.45) is 0 Å². The van der Waals surface area contributed by atoms with Crippen LogP contribution in [-0.4, -0.2) is 11.7 Å². The van der Waals surface area contributed by atoms with E-state index in [1.165, 1.54) is 0 Å². The van der Waals surface area contributed by atoms with Crippen LogP contribution in [0.1, 0.15) is 20.8 Å². The Morgan fingerprint density at radius 1 is 1.04 bits per heavy atom. The number of hydrogen-bond donors (Lipinski definition) is 2. The Labute approximate surface area is 134 Å². The van der Waals surface area contributed by atoms with Gasteiger partial charge in [0.1, 0.15) is 29.5 Å². The molecule has 0 atom stereocenters. The number of allylic oxidation sites excluding steroid dienone is 2. The van der Waals surface area contributed by atoms with Gasteiger partial charge in [-0.05, 0) is 39.0 Å². The number of nitrogens with zero attached hydrogens (tertiary/aromatic N) is 3. The number of carbonyl (C=O) groups excluding carboxylic acids is 1. The van der Waals surface area contributed by atoms with Crippen LogP contribution < -0.4 is 10.6 Å². The fourth-order valence-electron chi connectivity index (χ4n) is 1.52. The Hall–Kier alpha value is -3.50. The van der Waals surface area contributed by atoms with Crippen LogP contribution in [0.2, 0.25) is 0 Å². The van der Waals surface area contributed by atoms with Crippen LogP contribution in [0.4, 0.5) is 16.2 Å². The maximum absolute atomic E-state index is 11.7. The molecule has 23 heavy (non-hydrogen) atoms. The van der Waals surface area contributed by atoms with Gasteiger partial charge in [-0.25, -0.2) is 4.79 Å². The zero-order valence-electron chi connectivity index (χ0n) is 13.0. The highest BCUT2D eigenvalue weighted by Gasteiger charge is 2.16. The van der Waals surface area contributed by atoms with Gasteiger partial charge in [0, 0.05) is 11.4 Å². The molecule has 116 valence electrons. The molecule has 0 saturated heterocycles. The highest BCUT2D eigenvalue weighted by Crippen LogP contribution is 2.18. The molecule has 1 aromatic rings. The summed E-state index contributed by atoms with van der Waals surface area (Å²) in [6.07, 6.45) is -0.611. The van der Waals surface area contributed by atoms with Gasteiger partial charge in [-0.3, -0.25) is 5.32 Å². The first-order chi connectivity index (χ1) is 10.8. The van der Waals surface area contributed by atoms with Crippen LogP contribution in [0.15, 0.2) is 35.5 Å². The molecule has 0 saturated carbocycles. The largest absolute Gasteiger partial charge is 0.444 e. The summed E-state index contributed by atoms with van der Waals surface area (Å²) in [7, 11) is 0. The summed E-state index contributed by atoms with van der Waals surface area (Å²) in [5, 5.41) is 31.8. The maximum atomic E-state index is 11.7. The van der Waals surface area contributed by atoms with Crippen molar-refractivity contribution in [3.63, 3.8) is 0 Å². The third-order valence-corrected chi connectivity index (χ3v) is 2.36. The first-order valence-corrected chi connectivity index (χ1v) is 6.60. The van der Waals surface area contributed by atoms with Gasteiger partial charge in [-0.15, -0.1) is 0 Å². The molecule has 7 nitrogen and oxygen atoms in total. The van der Waals surface area contributed by atoms with Gasteiger partial charge in [0.2, 0.25) is 0 Å². The van der Waals surface area contributed by atoms with E-state index in [2.05, 4.69) is 10.6 Å². The van der Waals surface area contributed by atoms with Crippen molar-refractivity contribution >= 4 is 17.5 Å². The van der Waals surface area contributed by atoms with E-state index in [9.17, 15) is 4.79 Å². The second kappa shape index (κ2) is 7.49. The summed E-state index contributed by atoms with van der Waals surface area (Å²) in [6, 6.07) is 11.5. The van der Waals surface area contributed by atoms with Gasteiger partial charge >= 0.3 is 6.09 Å². The first kappa shape index (κ1) is 17.6. The van der Waals surface area contributed by atoms with Crippen molar-refractivity contribution in [3.8, 4) is 18.2 Å². The Morgan fingerprint density at radius 2 is 1.61 bits per heavy atom. The Morgan fingerprint density at radius 3 is 2.09 bits per heavy atom. The highest BCUT2D eigenvalue weighted by molar-refractivity contribution is 5.85. The van der Waals surface area contributed by atoms with Gasteiger partial charge in [0.25, 0.3) is 0 Å². The van der Waals surface area contributed by atoms with Crippen molar-refractivity contribution in [1.29, 1.82) is 15.8 Å². The van der Waals surface area contributed by atoms with E-state index >= 15 is 0 Å². The van der Waals surface area contributed by atoms with Gasteiger partial charge in [-0.2, -0.15) is 15.8 Å². The number of benzene rings is 1. The number of carbonyl (C=O) groups is 1. The summed E-state index contributed by atoms with van der Waals surface area (Å²) >= 11 is 0. The molecule has 0 radical (unpaired) electrons. The molecular weight excluding hydrogens is 294 g/mol. The second-order valence-corrected chi connectivity index (χ2v) is 5.42. The number of nitrogens with one attached hydrogen (secondary N) is 2. The van der Waals surface area contributed by atoms with E-state index in [1.54, 1.807) is 63.2 Å². The van der Waals surface area contributed by atoms with E-state index in [4.69, 9.17) is 20.5 Å². The van der Waals surface area contributed by atoms with Crippen LogP contribution in [-0.2, 0) is 4.74 Å². The minimum absolute atomic E-state index is 0.163. The third-order valence-electron chi connectivity index (χ3n) is 2.36. The predicted octanol–water partition coefficient (Wildman–Crippen LogP) is 3.27. The minimum atomic E-state index is -0.620. The van der Waals surface area contributed by atoms with Gasteiger partial charge in [-0.1, -0.05) is 6.07 Å². The molecule has 0 aliphatic heterocycles. The molecule has 0 aromatic heterocycles. The van der Waals surface area contributed by atoms with Crippen LogP contribution in [0, 0.1) is 34.0 Å². The normalized spacial score (nSPS) is 9.57. The molecule has 7 heteroatoms. The van der Waals surface area contributed by atoms with Gasteiger partial charge in [0.15, 0.2) is 5.57 Å². The Bertz CT molecular complexity index is 738. The van der Waals surface area contributed by atoms with Crippen molar-refractivity contribution in [1.82, 2.24) is 0 Å². The second-order valence-electron chi connectivity index (χ2n) is 5.42. The fraction of sp³-hybridized carbons (Fsp3) is 0.250. The summed E-state index contributed by atoms with van der Waals surface area (Å²) < 4.78 is 5.14. The molecule has 0 bridgehead atoms. The maximum Gasteiger partial charge on any atom is 0.412 e. The first-order valence-electron chi connectivity index (χ1n) is 6.60. The number of amides is 1. The van der Waals surface area contributed by atoms with E-state index in [-0.39, 0.29) is 11.3 Å². The average molecular weight is 309 g/mol. The lowest BCUT2D eigenvalue weighted by Crippen LogP contribution is -2.27. The third kappa shape index (κ3) is 5.79. The molecule has 0 unspecified atom stereocenters. The molecule has 1 amide bonds. The van der Waals surface area contributed by atoms with Crippen LogP contribution in [0.5, 0.6) is 0 Å². The standard InChI is InChI=1S/C16H15N5O2/c1-16(2,3)23-15(22)21-13-6-4-5-12(7-13)20-14(10-19)11(8-17)9-18/h4-7,20H,1-3H3,(H,21,22). The van der Waals surface area contributed by atoms with Crippen molar-refractivity contribution < 1.29 is 9.53 Å². The summed E-state index contributed by atoms with van der Waals surface area (Å²) in [5.41, 5.74) is -0.219. The Balaban J connectivity index is 2.93.